The second-order valence-electron chi connectivity index (χ2n) is 3.88. The van der Waals surface area contributed by atoms with Gasteiger partial charge in [-0.1, -0.05) is 0 Å². The van der Waals surface area contributed by atoms with Crippen LogP contribution in [0.4, 0.5) is 0 Å². The third kappa shape index (κ3) is 3.05. The molecule has 0 unspecified atom stereocenters. The molecular weight excluding hydrogens is 220 g/mol. The van der Waals surface area contributed by atoms with E-state index in [0.717, 1.165) is 0 Å². The van der Waals surface area contributed by atoms with Crippen LogP contribution in [0.3, 0.4) is 0 Å². The van der Waals surface area contributed by atoms with Gasteiger partial charge in [0.1, 0.15) is 12.2 Å². The molecule has 0 aromatic heterocycles. The summed E-state index contributed by atoms with van der Waals surface area (Å²) < 4.78 is 10.7. The van der Waals surface area contributed by atoms with Crippen molar-refractivity contribution in [2.75, 3.05) is 6.61 Å². The van der Waals surface area contributed by atoms with Gasteiger partial charge in [0.05, 0.1) is 24.1 Å². The Bertz CT molecular complexity index is 199. The van der Waals surface area contributed by atoms with Crippen molar-refractivity contribution in [2.45, 2.75) is 49.8 Å². The molecule has 0 aliphatic carbocycles. The molecule has 0 spiro atoms. The van der Waals surface area contributed by atoms with Gasteiger partial charge in [0.25, 0.3) is 0 Å². The van der Waals surface area contributed by atoms with E-state index in [1.807, 2.05) is 13.8 Å². The molecule has 1 aliphatic heterocycles. The zero-order valence-corrected chi connectivity index (χ0v) is 9.67. The zero-order chi connectivity index (χ0) is 11.6. The van der Waals surface area contributed by atoms with Gasteiger partial charge >= 0.3 is 0 Å². The van der Waals surface area contributed by atoms with Crippen molar-refractivity contribution >= 4 is 12.6 Å². The SMILES string of the molecule is CC(C)O[C@@H]1O[C@H](CO)[C@H](O)[C@H](O)[C@H]1S. The topological polar surface area (TPSA) is 79.2 Å². The number of ether oxygens (including phenoxy) is 2. The van der Waals surface area contributed by atoms with Crippen molar-refractivity contribution in [3.8, 4) is 0 Å². The highest BCUT2D eigenvalue weighted by Crippen LogP contribution is 2.26. The summed E-state index contributed by atoms with van der Waals surface area (Å²) in [7, 11) is 0. The molecule has 0 amide bonds. The van der Waals surface area contributed by atoms with Crippen molar-refractivity contribution in [2.24, 2.45) is 0 Å². The molecule has 1 rings (SSSR count). The predicted molar refractivity (Wildman–Crippen MR) is 56.8 cm³/mol. The lowest BCUT2D eigenvalue weighted by atomic mass is 10.0. The maximum Gasteiger partial charge on any atom is 0.172 e. The Morgan fingerprint density at radius 3 is 2.40 bits per heavy atom. The van der Waals surface area contributed by atoms with Gasteiger partial charge < -0.3 is 24.8 Å². The van der Waals surface area contributed by atoms with Crippen LogP contribution in [-0.2, 0) is 9.47 Å². The Balaban J connectivity index is 2.65. The van der Waals surface area contributed by atoms with Crippen LogP contribution in [0.1, 0.15) is 13.8 Å². The molecule has 1 fully saturated rings. The fourth-order valence-corrected chi connectivity index (χ4v) is 1.76. The molecule has 1 aliphatic rings. The van der Waals surface area contributed by atoms with Gasteiger partial charge in [-0.05, 0) is 13.8 Å². The van der Waals surface area contributed by atoms with Gasteiger partial charge in [-0.3, -0.25) is 0 Å². The summed E-state index contributed by atoms with van der Waals surface area (Å²) in [5.74, 6) is 0. The van der Waals surface area contributed by atoms with Crippen LogP contribution in [0, 0.1) is 0 Å². The van der Waals surface area contributed by atoms with Crippen LogP contribution in [0.25, 0.3) is 0 Å². The third-order valence-electron chi connectivity index (χ3n) is 2.25. The van der Waals surface area contributed by atoms with E-state index in [4.69, 9.17) is 14.6 Å². The first kappa shape index (κ1) is 13.2. The van der Waals surface area contributed by atoms with Crippen LogP contribution >= 0.6 is 12.6 Å². The molecule has 0 radical (unpaired) electrons. The number of aliphatic hydroxyl groups is 3. The molecule has 6 heteroatoms. The first-order valence-corrected chi connectivity index (χ1v) is 5.45. The normalized spacial score (nSPS) is 42.2. The standard InChI is InChI=1S/C9H18O5S/c1-4(2)13-9-8(15)7(12)6(11)5(3-10)14-9/h4-12,15H,3H2,1-2H3/t5-,6+,7+,8-,9-/m1/s1. The first-order chi connectivity index (χ1) is 6.97. The van der Waals surface area contributed by atoms with Crippen LogP contribution < -0.4 is 0 Å². The second-order valence-corrected chi connectivity index (χ2v) is 4.48. The highest BCUT2D eigenvalue weighted by atomic mass is 32.1. The monoisotopic (exact) mass is 238 g/mol. The van der Waals surface area contributed by atoms with E-state index < -0.39 is 29.9 Å². The molecule has 5 nitrogen and oxygen atoms in total. The molecule has 0 saturated carbocycles. The van der Waals surface area contributed by atoms with E-state index in [2.05, 4.69) is 12.6 Å². The molecule has 3 N–H and O–H groups in total. The quantitative estimate of drug-likeness (QED) is 0.482. The second kappa shape index (κ2) is 5.47. The number of hydrogen-bond donors (Lipinski definition) is 4. The van der Waals surface area contributed by atoms with E-state index in [-0.39, 0.29) is 12.7 Å². The highest BCUT2D eigenvalue weighted by molar-refractivity contribution is 7.81. The van der Waals surface area contributed by atoms with Gasteiger partial charge in [0.2, 0.25) is 0 Å². The summed E-state index contributed by atoms with van der Waals surface area (Å²) in [5, 5.41) is 27.5. The Labute approximate surface area is 94.4 Å². The summed E-state index contributed by atoms with van der Waals surface area (Å²) in [6, 6.07) is 0. The van der Waals surface area contributed by atoms with Crippen molar-refractivity contribution in [1.29, 1.82) is 0 Å². The molecule has 15 heavy (non-hydrogen) atoms. The van der Waals surface area contributed by atoms with Gasteiger partial charge in [-0.2, -0.15) is 12.6 Å². The minimum absolute atomic E-state index is 0.0774. The lowest BCUT2D eigenvalue weighted by Crippen LogP contribution is -2.57. The van der Waals surface area contributed by atoms with Crippen LogP contribution in [-0.4, -0.2) is 57.9 Å². The molecule has 0 aromatic carbocycles. The summed E-state index contributed by atoms with van der Waals surface area (Å²) in [4.78, 5) is 0. The number of thiol groups is 1. The molecule has 1 heterocycles. The fourth-order valence-electron chi connectivity index (χ4n) is 1.45. The molecular formula is C9H18O5S. The Morgan fingerprint density at radius 1 is 1.33 bits per heavy atom. The molecule has 0 aromatic rings. The van der Waals surface area contributed by atoms with Gasteiger partial charge in [-0.25, -0.2) is 0 Å². The van der Waals surface area contributed by atoms with E-state index in [0.29, 0.717) is 0 Å². The summed E-state index contributed by atoms with van der Waals surface area (Å²) in [6.45, 7) is 3.29. The van der Waals surface area contributed by atoms with Crippen molar-refractivity contribution in [1.82, 2.24) is 0 Å². The van der Waals surface area contributed by atoms with E-state index in [1.165, 1.54) is 0 Å². The van der Waals surface area contributed by atoms with E-state index in [1.54, 1.807) is 0 Å². The molecule has 90 valence electrons. The minimum atomic E-state index is -1.13. The molecule has 0 bridgehead atoms. The van der Waals surface area contributed by atoms with Crippen molar-refractivity contribution in [3.05, 3.63) is 0 Å². The average Bonchev–Trinajstić information content (AvgIpc) is 2.18. The lowest BCUT2D eigenvalue weighted by molar-refractivity contribution is -0.261. The third-order valence-corrected chi connectivity index (χ3v) is 2.80. The minimum Gasteiger partial charge on any atom is -0.394 e. The summed E-state index contributed by atoms with van der Waals surface area (Å²) >= 11 is 4.12. The zero-order valence-electron chi connectivity index (χ0n) is 8.78. The first-order valence-electron chi connectivity index (χ1n) is 4.93. The Hall–Kier alpha value is 0.150. The van der Waals surface area contributed by atoms with E-state index >= 15 is 0 Å². The van der Waals surface area contributed by atoms with Crippen molar-refractivity contribution in [3.63, 3.8) is 0 Å². The maximum atomic E-state index is 9.63. The fraction of sp³-hybridized carbons (Fsp3) is 1.00. The predicted octanol–water partition coefficient (Wildman–Crippen LogP) is -0.851. The summed E-state index contributed by atoms with van der Waals surface area (Å²) in [6.07, 6.45) is -3.82. The molecule has 1 saturated heterocycles. The Morgan fingerprint density at radius 2 is 1.93 bits per heavy atom. The highest BCUT2D eigenvalue weighted by Gasteiger charge is 2.43. The lowest BCUT2D eigenvalue weighted by Gasteiger charge is -2.40. The smallest absolute Gasteiger partial charge is 0.172 e. The van der Waals surface area contributed by atoms with Gasteiger partial charge in [0, 0.05) is 0 Å². The van der Waals surface area contributed by atoms with Crippen LogP contribution in [0.15, 0.2) is 0 Å². The summed E-state index contributed by atoms with van der Waals surface area (Å²) in [5.41, 5.74) is 0. The number of hydrogen-bond acceptors (Lipinski definition) is 6. The van der Waals surface area contributed by atoms with Gasteiger partial charge in [-0.15, -0.1) is 0 Å². The Kier molecular flexibility index (Phi) is 4.82. The van der Waals surface area contributed by atoms with Crippen LogP contribution in [0.2, 0.25) is 0 Å². The van der Waals surface area contributed by atoms with Crippen LogP contribution in [0.5, 0.6) is 0 Å². The largest absolute Gasteiger partial charge is 0.394 e. The maximum absolute atomic E-state index is 9.63. The number of aliphatic hydroxyl groups excluding tert-OH is 3. The van der Waals surface area contributed by atoms with E-state index in [9.17, 15) is 10.2 Å². The number of rotatable bonds is 3. The van der Waals surface area contributed by atoms with Gasteiger partial charge in [0.15, 0.2) is 6.29 Å². The van der Waals surface area contributed by atoms with Crippen molar-refractivity contribution < 1.29 is 24.8 Å². The average molecular weight is 238 g/mol. The molecule has 5 atom stereocenters.